The number of urea groups is 1. The van der Waals surface area contributed by atoms with Gasteiger partial charge in [-0.05, 0) is 44.7 Å². The molecule has 2 heterocycles. The number of piperidine rings is 1. The molecule has 2 aliphatic rings. The van der Waals surface area contributed by atoms with Crippen molar-refractivity contribution < 1.29 is 9.53 Å². The summed E-state index contributed by atoms with van der Waals surface area (Å²) < 4.78 is 5.25. The van der Waals surface area contributed by atoms with Crippen LogP contribution in [0.1, 0.15) is 44.2 Å². The number of aryl methyl sites for hydroxylation is 1. The monoisotopic (exact) mass is 332 g/mol. The van der Waals surface area contributed by atoms with Gasteiger partial charge < -0.3 is 15.0 Å². The van der Waals surface area contributed by atoms with Gasteiger partial charge >= 0.3 is 6.03 Å². The molecule has 0 radical (unpaired) electrons. The molecule has 1 saturated heterocycles. The van der Waals surface area contributed by atoms with Crippen LogP contribution in [0.4, 0.5) is 10.6 Å². The van der Waals surface area contributed by atoms with Crippen LogP contribution in [0, 0.1) is 6.92 Å². The van der Waals surface area contributed by atoms with Crippen LogP contribution >= 0.6 is 0 Å². The highest BCUT2D eigenvalue weighted by Gasteiger charge is 2.27. The van der Waals surface area contributed by atoms with E-state index in [1.165, 1.54) is 25.7 Å². The summed E-state index contributed by atoms with van der Waals surface area (Å²) in [7, 11) is 1.58. The number of hydrogen-bond acceptors (Lipinski definition) is 4. The molecule has 132 valence electrons. The Labute approximate surface area is 144 Å². The molecular weight excluding hydrogens is 304 g/mol. The highest BCUT2D eigenvalue weighted by atomic mass is 16.5. The number of nitrogens with zero attached hydrogens (tertiary/aromatic N) is 2. The maximum Gasteiger partial charge on any atom is 0.320 e. The van der Waals surface area contributed by atoms with E-state index in [1.54, 1.807) is 7.11 Å². The predicted octanol–water partition coefficient (Wildman–Crippen LogP) is 2.93. The van der Waals surface area contributed by atoms with Gasteiger partial charge in [-0.25, -0.2) is 9.78 Å². The maximum atomic E-state index is 12.3. The molecule has 0 atom stereocenters. The van der Waals surface area contributed by atoms with E-state index in [-0.39, 0.29) is 12.1 Å². The number of likely N-dealkylation sites (tertiary alicyclic amines) is 1. The molecule has 6 heteroatoms. The standard InChI is InChI=1S/C18H28N4O2/c1-13-7-8-16(24-2)17(19-13)21-18(23)20-14-9-11-22(12-10-14)15-5-3-4-6-15/h7-8,14-15H,3-6,9-12H2,1-2H3,(H2,19,20,21,23). The van der Waals surface area contributed by atoms with Crippen molar-refractivity contribution in [3.05, 3.63) is 17.8 Å². The number of carbonyl (C=O) groups is 1. The van der Waals surface area contributed by atoms with Crippen LogP contribution in [0.3, 0.4) is 0 Å². The summed E-state index contributed by atoms with van der Waals surface area (Å²) in [6.45, 7) is 4.06. The van der Waals surface area contributed by atoms with E-state index in [0.717, 1.165) is 37.7 Å². The molecular formula is C18H28N4O2. The third-order valence-electron chi connectivity index (χ3n) is 5.16. The van der Waals surface area contributed by atoms with Gasteiger partial charge in [0.15, 0.2) is 11.6 Å². The lowest BCUT2D eigenvalue weighted by Crippen LogP contribution is -2.48. The minimum absolute atomic E-state index is 0.203. The van der Waals surface area contributed by atoms with E-state index in [2.05, 4.69) is 20.5 Å². The molecule has 1 aromatic rings. The number of hydrogen-bond donors (Lipinski definition) is 2. The van der Waals surface area contributed by atoms with Crippen molar-refractivity contribution in [3.8, 4) is 5.75 Å². The molecule has 24 heavy (non-hydrogen) atoms. The Morgan fingerprint density at radius 2 is 1.92 bits per heavy atom. The van der Waals surface area contributed by atoms with Crippen LogP contribution in [-0.4, -0.2) is 48.2 Å². The lowest BCUT2D eigenvalue weighted by atomic mass is 10.0. The first-order valence-electron chi connectivity index (χ1n) is 8.99. The van der Waals surface area contributed by atoms with Crippen LogP contribution in [0.15, 0.2) is 12.1 Å². The summed E-state index contributed by atoms with van der Waals surface area (Å²) in [4.78, 5) is 19.2. The number of ether oxygens (including phenoxy) is 1. The summed E-state index contributed by atoms with van der Waals surface area (Å²) in [5.41, 5.74) is 0.843. The Kier molecular flexibility index (Phi) is 5.56. The largest absolute Gasteiger partial charge is 0.493 e. The Morgan fingerprint density at radius 1 is 1.21 bits per heavy atom. The van der Waals surface area contributed by atoms with Crippen molar-refractivity contribution in [2.45, 2.75) is 57.5 Å². The van der Waals surface area contributed by atoms with Gasteiger partial charge in [0.25, 0.3) is 0 Å². The van der Waals surface area contributed by atoms with Crippen molar-refractivity contribution in [3.63, 3.8) is 0 Å². The zero-order chi connectivity index (χ0) is 16.9. The summed E-state index contributed by atoms with van der Waals surface area (Å²) in [5.74, 6) is 1.05. The number of amides is 2. The van der Waals surface area contributed by atoms with E-state index < -0.39 is 0 Å². The Hall–Kier alpha value is -1.82. The number of carbonyl (C=O) groups excluding carboxylic acids is 1. The van der Waals surface area contributed by atoms with E-state index in [4.69, 9.17) is 4.74 Å². The number of anilines is 1. The average molecular weight is 332 g/mol. The van der Waals surface area contributed by atoms with Crippen molar-refractivity contribution in [2.75, 3.05) is 25.5 Å². The molecule has 0 aromatic carbocycles. The minimum Gasteiger partial charge on any atom is -0.493 e. The molecule has 1 aromatic heterocycles. The van der Waals surface area contributed by atoms with E-state index in [1.807, 2.05) is 19.1 Å². The molecule has 1 aliphatic carbocycles. The normalized spacial score (nSPS) is 20.1. The quantitative estimate of drug-likeness (QED) is 0.890. The first-order chi connectivity index (χ1) is 11.7. The fraction of sp³-hybridized carbons (Fsp3) is 0.667. The predicted molar refractivity (Wildman–Crippen MR) is 94.5 cm³/mol. The van der Waals surface area contributed by atoms with Crippen molar-refractivity contribution >= 4 is 11.8 Å². The topological polar surface area (TPSA) is 66.5 Å². The number of pyridine rings is 1. The molecule has 1 aliphatic heterocycles. The first-order valence-corrected chi connectivity index (χ1v) is 8.99. The summed E-state index contributed by atoms with van der Waals surface area (Å²) in [6.07, 6.45) is 7.46. The van der Waals surface area contributed by atoms with Crippen LogP contribution in [0.2, 0.25) is 0 Å². The van der Waals surface area contributed by atoms with Gasteiger partial charge in [-0.1, -0.05) is 12.8 Å². The molecule has 0 bridgehead atoms. The smallest absolute Gasteiger partial charge is 0.320 e. The number of aromatic nitrogens is 1. The molecule has 2 fully saturated rings. The van der Waals surface area contributed by atoms with Gasteiger partial charge in [0.05, 0.1) is 7.11 Å². The molecule has 0 spiro atoms. The highest BCUT2D eigenvalue weighted by Crippen LogP contribution is 2.26. The van der Waals surface area contributed by atoms with Crippen LogP contribution in [0.5, 0.6) is 5.75 Å². The fourth-order valence-corrected chi connectivity index (χ4v) is 3.81. The maximum absolute atomic E-state index is 12.3. The Bertz CT molecular complexity index is 564. The lowest BCUT2D eigenvalue weighted by molar-refractivity contribution is 0.147. The molecule has 6 nitrogen and oxygen atoms in total. The number of methoxy groups -OCH3 is 1. The summed E-state index contributed by atoms with van der Waals surface area (Å²) in [5, 5.41) is 5.89. The second-order valence-electron chi connectivity index (χ2n) is 6.85. The molecule has 2 amide bonds. The Morgan fingerprint density at radius 3 is 2.58 bits per heavy atom. The van der Waals surface area contributed by atoms with Crippen LogP contribution < -0.4 is 15.4 Å². The second-order valence-corrected chi connectivity index (χ2v) is 6.85. The van der Waals surface area contributed by atoms with Gasteiger partial charge in [-0.2, -0.15) is 0 Å². The molecule has 1 saturated carbocycles. The zero-order valence-corrected chi connectivity index (χ0v) is 14.7. The van der Waals surface area contributed by atoms with Gasteiger partial charge in [0.2, 0.25) is 0 Å². The first kappa shape index (κ1) is 17.0. The SMILES string of the molecule is COc1ccc(C)nc1NC(=O)NC1CCN(C2CCCC2)CC1. The van der Waals surface area contributed by atoms with Gasteiger partial charge in [-0.3, -0.25) is 5.32 Å². The van der Waals surface area contributed by atoms with E-state index in [9.17, 15) is 4.79 Å². The molecule has 3 rings (SSSR count). The third kappa shape index (κ3) is 4.17. The molecule has 2 N–H and O–H groups in total. The minimum atomic E-state index is -0.203. The van der Waals surface area contributed by atoms with Crippen LogP contribution in [-0.2, 0) is 0 Å². The molecule has 0 unspecified atom stereocenters. The number of rotatable bonds is 4. The van der Waals surface area contributed by atoms with Gasteiger partial charge in [0.1, 0.15) is 0 Å². The number of nitrogens with one attached hydrogen (secondary N) is 2. The highest BCUT2D eigenvalue weighted by molar-refractivity contribution is 5.89. The van der Waals surface area contributed by atoms with Crippen LogP contribution in [0.25, 0.3) is 0 Å². The van der Waals surface area contributed by atoms with Crippen molar-refractivity contribution in [2.24, 2.45) is 0 Å². The van der Waals surface area contributed by atoms with E-state index >= 15 is 0 Å². The van der Waals surface area contributed by atoms with E-state index in [0.29, 0.717) is 11.6 Å². The summed E-state index contributed by atoms with van der Waals surface area (Å²) in [6, 6.07) is 4.49. The lowest BCUT2D eigenvalue weighted by Gasteiger charge is -2.36. The van der Waals surface area contributed by atoms with Crippen molar-refractivity contribution in [1.29, 1.82) is 0 Å². The second kappa shape index (κ2) is 7.83. The fourth-order valence-electron chi connectivity index (χ4n) is 3.81. The summed E-state index contributed by atoms with van der Waals surface area (Å²) >= 11 is 0. The van der Waals surface area contributed by atoms with Gasteiger partial charge in [-0.15, -0.1) is 0 Å². The zero-order valence-electron chi connectivity index (χ0n) is 14.7. The third-order valence-corrected chi connectivity index (χ3v) is 5.16. The Balaban J connectivity index is 1.48. The van der Waals surface area contributed by atoms with Gasteiger partial charge in [0, 0.05) is 30.9 Å². The van der Waals surface area contributed by atoms with Crippen molar-refractivity contribution in [1.82, 2.24) is 15.2 Å². The average Bonchev–Trinajstić information content (AvgIpc) is 3.10.